The van der Waals surface area contributed by atoms with Gasteiger partial charge in [-0.1, -0.05) is 23.4 Å². The number of hydrogen-bond acceptors (Lipinski definition) is 7. The Morgan fingerprint density at radius 2 is 2.06 bits per heavy atom. The number of rotatable bonds is 8. The third-order valence-electron chi connectivity index (χ3n) is 4.92. The maximum atomic E-state index is 12.5. The standard InChI is InChI=1S/C22H22ClN5O4S/c1-3-31-20(29)18-13(2)24-21(30)25-17(18)12-33-22-27-26-19(14-6-8-15(23)9-7-14)28(22)11-16-5-4-10-32-16/h4-10,13H,3,11-12H2,1-2H3,(H2,24,25,30)/t13-/m0/s1. The number of amides is 2. The minimum absolute atomic E-state index is 0.241. The fraction of sp³-hybridized carbons (Fsp3) is 0.273. The van der Waals surface area contributed by atoms with Crippen LogP contribution in [0.1, 0.15) is 19.6 Å². The molecule has 3 heterocycles. The number of nitrogens with zero attached hydrogens (tertiary/aromatic N) is 3. The van der Waals surface area contributed by atoms with Gasteiger partial charge in [0.2, 0.25) is 0 Å². The first-order chi connectivity index (χ1) is 16.0. The Kier molecular flexibility index (Phi) is 7.05. The largest absolute Gasteiger partial charge is 0.467 e. The lowest BCUT2D eigenvalue weighted by Gasteiger charge is -2.26. The highest BCUT2D eigenvalue weighted by Gasteiger charge is 2.30. The molecule has 0 radical (unpaired) electrons. The van der Waals surface area contributed by atoms with Crippen molar-refractivity contribution in [2.24, 2.45) is 0 Å². The highest BCUT2D eigenvalue weighted by atomic mass is 35.5. The number of benzene rings is 1. The Labute approximate surface area is 199 Å². The van der Waals surface area contributed by atoms with Crippen LogP contribution in [-0.2, 0) is 16.1 Å². The average Bonchev–Trinajstić information content (AvgIpc) is 3.43. The third kappa shape index (κ3) is 5.23. The highest BCUT2D eigenvalue weighted by Crippen LogP contribution is 2.28. The molecule has 1 atom stereocenters. The van der Waals surface area contributed by atoms with Crippen LogP contribution in [-0.4, -0.2) is 45.2 Å². The summed E-state index contributed by atoms with van der Waals surface area (Å²) in [6, 6.07) is 10.2. The van der Waals surface area contributed by atoms with Gasteiger partial charge in [-0.2, -0.15) is 0 Å². The molecule has 0 aliphatic carbocycles. The van der Waals surface area contributed by atoms with Crippen molar-refractivity contribution in [3.8, 4) is 11.4 Å². The molecule has 172 valence electrons. The first kappa shape index (κ1) is 22.9. The van der Waals surface area contributed by atoms with Crippen LogP contribution in [0.3, 0.4) is 0 Å². The Bertz CT molecular complexity index is 1170. The molecule has 2 N–H and O–H groups in total. The van der Waals surface area contributed by atoms with E-state index in [-0.39, 0.29) is 12.6 Å². The molecule has 0 saturated carbocycles. The van der Waals surface area contributed by atoms with Crippen LogP contribution in [0.15, 0.2) is 63.5 Å². The second kappa shape index (κ2) is 10.1. The second-order valence-electron chi connectivity index (χ2n) is 7.20. The van der Waals surface area contributed by atoms with Gasteiger partial charge in [0.05, 0.1) is 31.0 Å². The van der Waals surface area contributed by atoms with E-state index in [0.29, 0.717) is 39.6 Å². The Morgan fingerprint density at radius 3 is 2.76 bits per heavy atom. The average molecular weight is 488 g/mol. The Balaban J connectivity index is 1.65. The van der Waals surface area contributed by atoms with Crippen molar-refractivity contribution in [3.05, 3.63) is 64.7 Å². The van der Waals surface area contributed by atoms with Crippen molar-refractivity contribution in [1.82, 2.24) is 25.4 Å². The zero-order chi connectivity index (χ0) is 23.4. The number of halogens is 1. The zero-order valence-electron chi connectivity index (χ0n) is 18.0. The SMILES string of the molecule is CCOC(=O)C1=C(CSc2nnc(-c3ccc(Cl)cc3)n2Cc2ccco2)NC(=O)N[C@H]1C. The van der Waals surface area contributed by atoms with Crippen molar-refractivity contribution in [2.75, 3.05) is 12.4 Å². The number of ether oxygens (including phenoxy) is 1. The minimum atomic E-state index is -0.473. The molecule has 0 fully saturated rings. The summed E-state index contributed by atoms with van der Waals surface area (Å²) in [4.78, 5) is 24.5. The lowest BCUT2D eigenvalue weighted by molar-refractivity contribution is -0.138. The topological polar surface area (TPSA) is 111 Å². The van der Waals surface area contributed by atoms with Crippen LogP contribution in [0.25, 0.3) is 11.4 Å². The van der Waals surface area contributed by atoms with Gasteiger partial charge >= 0.3 is 12.0 Å². The fourth-order valence-corrected chi connectivity index (χ4v) is 4.47. The number of urea groups is 1. The quantitative estimate of drug-likeness (QED) is 0.366. The van der Waals surface area contributed by atoms with Gasteiger partial charge in [-0.25, -0.2) is 9.59 Å². The Morgan fingerprint density at radius 1 is 1.27 bits per heavy atom. The van der Waals surface area contributed by atoms with Gasteiger partial charge in [-0.15, -0.1) is 10.2 Å². The molecule has 4 rings (SSSR count). The molecule has 2 amide bonds. The molecular weight excluding hydrogens is 466 g/mol. The van der Waals surface area contributed by atoms with E-state index >= 15 is 0 Å². The van der Waals surface area contributed by atoms with Crippen LogP contribution >= 0.6 is 23.4 Å². The number of carbonyl (C=O) groups excluding carboxylic acids is 2. The molecule has 33 heavy (non-hydrogen) atoms. The molecule has 0 saturated heterocycles. The van der Waals surface area contributed by atoms with Crippen molar-refractivity contribution in [1.29, 1.82) is 0 Å². The summed E-state index contributed by atoms with van der Waals surface area (Å²) in [6.45, 7) is 4.13. The first-order valence-electron chi connectivity index (χ1n) is 10.3. The van der Waals surface area contributed by atoms with Gasteiger partial charge in [0, 0.05) is 22.0 Å². The van der Waals surface area contributed by atoms with E-state index in [0.717, 1.165) is 11.3 Å². The molecule has 1 aliphatic heterocycles. The number of hydrogen-bond donors (Lipinski definition) is 2. The molecule has 1 aromatic carbocycles. The van der Waals surface area contributed by atoms with Crippen molar-refractivity contribution >= 4 is 35.4 Å². The summed E-state index contributed by atoms with van der Waals surface area (Å²) in [6.07, 6.45) is 1.61. The van der Waals surface area contributed by atoms with Crippen LogP contribution in [0.4, 0.5) is 4.79 Å². The predicted octanol–water partition coefficient (Wildman–Crippen LogP) is 3.85. The summed E-state index contributed by atoms with van der Waals surface area (Å²) in [7, 11) is 0. The first-order valence-corrected chi connectivity index (χ1v) is 11.6. The number of esters is 1. The number of furan rings is 1. The predicted molar refractivity (Wildman–Crippen MR) is 124 cm³/mol. The van der Waals surface area contributed by atoms with Crippen LogP contribution in [0, 0.1) is 0 Å². The van der Waals surface area contributed by atoms with E-state index in [9.17, 15) is 9.59 Å². The normalized spacial score (nSPS) is 15.8. The van der Waals surface area contributed by atoms with Gasteiger partial charge in [0.15, 0.2) is 11.0 Å². The van der Waals surface area contributed by atoms with E-state index in [1.807, 2.05) is 28.8 Å². The molecule has 3 aromatic rings. The van der Waals surface area contributed by atoms with Gasteiger partial charge < -0.3 is 19.8 Å². The molecule has 11 heteroatoms. The lowest BCUT2D eigenvalue weighted by Crippen LogP contribution is -2.49. The summed E-state index contributed by atoms with van der Waals surface area (Å²) in [5.74, 6) is 1.21. The van der Waals surface area contributed by atoms with E-state index in [1.54, 1.807) is 32.2 Å². The van der Waals surface area contributed by atoms with Crippen molar-refractivity contribution in [2.45, 2.75) is 31.6 Å². The minimum Gasteiger partial charge on any atom is -0.467 e. The highest BCUT2D eigenvalue weighted by molar-refractivity contribution is 7.99. The molecular formula is C22H22ClN5O4S. The van der Waals surface area contributed by atoms with E-state index in [1.165, 1.54) is 11.8 Å². The summed E-state index contributed by atoms with van der Waals surface area (Å²) >= 11 is 7.39. The van der Waals surface area contributed by atoms with Crippen LogP contribution in [0.2, 0.25) is 5.02 Å². The maximum absolute atomic E-state index is 12.5. The lowest BCUT2D eigenvalue weighted by atomic mass is 10.1. The molecule has 2 aromatic heterocycles. The maximum Gasteiger partial charge on any atom is 0.337 e. The summed E-state index contributed by atoms with van der Waals surface area (Å²) in [5, 5.41) is 15.4. The third-order valence-corrected chi connectivity index (χ3v) is 6.17. The van der Waals surface area contributed by atoms with Gasteiger partial charge in [-0.3, -0.25) is 4.57 Å². The number of thioether (sulfide) groups is 1. The smallest absolute Gasteiger partial charge is 0.337 e. The van der Waals surface area contributed by atoms with Crippen LogP contribution < -0.4 is 10.6 Å². The van der Waals surface area contributed by atoms with Crippen molar-refractivity contribution < 1.29 is 18.7 Å². The van der Waals surface area contributed by atoms with E-state index < -0.39 is 12.0 Å². The molecule has 1 aliphatic rings. The molecule has 0 bridgehead atoms. The van der Waals surface area contributed by atoms with Crippen molar-refractivity contribution in [3.63, 3.8) is 0 Å². The molecule has 9 nitrogen and oxygen atoms in total. The van der Waals surface area contributed by atoms with Crippen LogP contribution in [0.5, 0.6) is 0 Å². The summed E-state index contributed by atoms with van der Waals surface area (Å²) in [5.41, 5.74) is 1.72. The van der Waals surface area contributed by atoms with E-state index in [2.05, 4.69) is 20.8 Å². The number of aromatic nitrogens is 3. The Hall–Kier alpha value is -3.24. The fourth-order valence-electron chi connectivity index (χ4n) is 3.44. The monoisotopic (exact) mass is 487 g/mol. The second-order valence-corrected chi connectivity index (χ2v) is 8.58. The van der Waals surface area contributed by atoms with Gasteiger partial charge in [0.1, 0.15) is 5.76 Å². The molecule has 0 spiro atoms. The van der Waals surface area contributed by atoms with E-state index in [4.69, 9.17) is 20.8 Å². The van der Waals surface area contributed by atoms with Gasteiger partial charge in [-0.05, 0) is 50.2 Å². The molecule has 0 unspecified atom stereocenters. The number of carbonyl (C=O) groups is 2. The zero-order valence-corrected chi connectivity index (χ0v) is 19.6. The number of nitrogens with one attached hydrogen (secondary N) is 2. The van der Waals surface area contributed by atoms with Gasteiger partial charge in [0.25, 0.3) is 0 Å². The summed E-state index contributed by atoms with van der Waals surface area (Å²) < 4.78 is 12.6.